The quantitative estimate of drug-likeness (QED) is 0.364. The second-order valence-electron chi connectivity index (χ2n) is 6.01. The molecular formula is C20H19NO6S2. The Morgan fingerprint density at radius 3 is 2.38 bits per heavy atom. The number of aliphatic carboxylic acids is 1. The highest BCUT2D eigenvalue weighted by molar-refractivity contribution is 8.00. The molecule has 152 valence electrons. The SMILES string of the molecule is CCOc1ccc(S(=O)(=O)Nc2cc(SCC(=O)O)c(O)c3ccccc23)cc1. The summed E-state index contributed by atoms with van der Waals surface area (Å²) in [6.07, 6.45) is 0. The number of hydrogen-bond acceptors (Lipinski definition) is 6. The Hall–Kier alpha value is -2.91. The molecule has 0 unspecified atom stereocenters. The molecule has 0 spiro atoms. The number of sulfonamides is 1. The van der Waals surface area contributed by atoms with Crippen molar-refractivity contribution in [3.8, 4) is 11.5 Å². The van der Waals surface area contributed by atoms with E-state index in [-0.39, 0.29) is 27.0 Å². The lowest BCUT2D eigenvalue weighted by Gasteiger charge is -2.15. The fraction of sp³-hybridized carbons (Fsp3) is 0.150. The number of benzene rings is 3. The third-order valence-electron chi connectivity index (χ3n) is 4.02. The smallest absolute Gasteiger partial charge is 0.313 e. The molecule has 0 bridgehead atoms. The van der Waals surface area contributed by atoms with Crippen molar-refractivity contribution in [2.24, 2.45) is 0 Å². The number of rotatable bonds is 8. The van der Waals surface area contributed by atoms with Crippen molar-refractivity contribution in [1.82, 2.24) is 0 Å². The number of ether oxygens (including phenoxy) is 1. The summed E-state index contributed by atoms with van der Waals surface area (Å²) in [7, 11) is -3.91. The van der Waals surface area contributed by atoms with Crippen LogP contribution in [0, 0.1) is 0 Å². The number of carbonyl (C=O) groups is 1. The van der Waals surface area contributed by atoms with Crippen LogP contribution in [0.4, 0.5) is 5.69 Å². The van der Waals surface area contributed by atoms with Crippen LogP contribution in [0.1, 0.15) is 6.92 Å². The number of carboxylic acids is 1. The Labute approximate surface area is 172 Å². The van der Waals surface area contributed by atoms with Gasteiger partial charge in [-0.05, 0) is 37.3 Å². The predicted octanol–water partition coefficient (Wildman–Crippen LogP) is 3.92. The summed E-state index contributed by atoms with van der Waals surface area (Å²) in [5.41, 5.74) is 0.250. The predicted molar refractivity (Wildman–Crippen MR) is 112 cm³/mol. The third-order valence-corrected chi connectivity index (χ3v) is 6.42. The molecule has 0 aromatic heterocycles. The lowest BCUT2D eigenvalue weighted by atomic mass is 10.1. The monoisotopic (exact) mass is 433 g/mol. The van der Waals surface area contributed by atoms with Gasteiger partial charge in [0.15, 0.2) is 0 Å². The molecule has 0 aliphatic carbocycles. The summed E-state index contributed by atoms with van der Waals surface area (Å²) >= 11 is 0.912. The lowest BCUT2D eigenvalue weighted by molar-refractivity contribution is -0.133. The fourth-order valence-electron chi connectivity index (χ4n) is 2.75. The van der Waals surface area contributed by atoms with Crippen molar-refractivity contribution in [1.29, 1.82) is 0 Å². The van der Waals surface area contributed by atoms with Crippen molar-refractivity contribution < 1.29 is 28.2 Å². The van der Waals surface area contributed by atoms with Crippen molar-refractivity contribution in [3.63, 3.8) is 0 Å². The molecule has 0 amide bonds. The minimum Gasteiger partial charge on any atom is -0.506 e. The number of phenols is 1. The van der Waals surface area contributed by atoms with E-state index in [1.807, 2.05) is 6.92 Å². The van der Waals surface area contributed by atoms with E-state index >= 15 is 0 Å². The van der Waals surface area contributed by atoms with Gasteiger partial charge in [0.05, 0.1) is 27.8 Å². The summed E-state index contributed by atoms with van der Waals surface area (Å²) in [6.45, 7) is 2.31. The minimum absolute atomic E-state index is 0.0536. The number of fused-ring (bicyclic) bond motifs is 1. The van der Waals surface area contributed by atoms with E-state index in [0.717, 1.165) is 11.8 Å². The molecule has 3 N–H and O–H groups in total. The molecule has 0 heterocycles. The van der Waals surface area contributed by atoms with E-state index in [1.165, 1.54) is 18.2 Å². The van der Waals surface area contributed by atoms with Gasteiger partial charge in [-0.2, -0.15) is 0 Å². The second kappa shape index (κ2) is 8.62. The van der Waals surface area contributed by atoms with Gasteiger partial charge in [-0.1, -0.05) is 24.3 Å². The van der Waals surface area contributed by atoms with Gasteiger partial charge in [-0.25, -0.2) is 8.42 Å². The van der Waals surface area contributed by atoms with Gasteiger partial charge < -0.3 is 14.9 Å². The number of carboxylic acid groups (broad SMARTS) is 1. The minimum atomic E-state index is -3.91. The highest BCUT2D eigenvalue weighted by Crippen LogP contribution is 2.40. The maximum Gasteiger partial charge on any atom is 0.313 e. The van der Waals surface area contributed by atoms with Crippen LogP contribution in [0.25, 0.3) is 10.8 Å². The maximum absolute atomic E-state index is 12.9. The second-order valence-corrected chi connectivity index (χ2v) is 8.71. The molecule has 0 fully saturated rings. The number of nitrogens with one attached hydrogen (secondary N) is 1. The molecule has 9 heteroatoms. The highest BCUT2D eigenvalue weighted by atomic mass is 32.2. The number of anilines is 1. The molecule has 7 nitrogen and oxygen atoms in total. The number of thioether (sulfide) groups is 1. The van der Waals surface area contributed by atoms with Crippen molar-refractivity contribution >= 4 is 44.2 Å². The summed E-state index contributed by atoms with van der Waals surface area (Å²) in [6, 6.07) is 14.2. The van der Waals surface area contributed by atoms with Crippen LogP contribution in [0.3, 0.4) is 0 Å². The van der Waals surface area contributed by atoms with Crippen LogP contribution >= 0.6 is 11.8 Å². The zero-order valence-electron chi connectivity index (χ0n) is 15.5. The van der Waals surface area contributed by atoms with E-state index in [1.54, 1.807) is 36.4 Å². The van der Waals surface area contributed by atoms with Crippen LogP contribution in [-0.2, 0) is 14.8 Å². The van der Waals surface area contributed by atoms with Gasteiger partial charge in [0.1, 0.15) is 11.5 Å². The molecule has 29 heavy (non-hydrogen) atoms. The topological polar surface area (TPSA) is 113 Å². The number of phenolic OH excluding ortho intramolecular Hbond substituents is 1. The summed E-state index contributed by atoms with van der Waals surface area (Å²) < 4.78 is 33.6. The van der Waals surface area contributed by atoms with Crippen molar-refractivity contribution in [3.05, 3.63) is 54.6 Å². The summed E-state index contributed by atoms with van der Waals surface area (Å²) in [4.78, 5) is 11.2. The molecule has 0 aliphatic rings. The third kappa shape index (κ3) is 4.75. The summed E-state index contributed by atoms with van der Waals surface area (Å²) in [5.74, 6) is -0.833. The molecule has 3 aromatic carbocycles. The number of hydrogen-bond donors (Lipinski definition) is 3. The van der Waals surface area contributed by atoms with Crippen LogP contribution in [0.15, 0.2) is 64.4 Å². The average molecular weight is 434 g/mol. The summed E-state index contributed by atoms with van der Waals surface area (Å²) in [5, 5.41) is 20.3. The van der Waals surface area contributed by atoms with Gasteiger partial charge in [0.25, 0.3) is 10.0 Å². The van der Waals surface area contributed by atoms with E-state index < -0.39 is 16.0 Å². The molecular weight excluding hydrogens is 414 g/mol. The Morgan fingerprint density at radius 1 is 1.10 bits per heavy atom. The largest absolute Gasteiger partial charge is 0.506 e. The van der Waals surface area contributed by atoms with Gasteiger partial charge in [-0.15, -0.1) is 11.8 Å². The van der Waals surface area contributed by atoms with E-state index in [0.29, 0.717) is 23.1 Å². The fourth-order valence-corrected chi connectivity index (χ4v) is 4.55. The van der Waals surface area contributed by atoms with E-state index in [9.17, 15) is 18.3 Å². The molecule has 0 saturated heterocycles. The first-order valence-electron chi connectivity index (χ1n) is 8.67. The Kier molecular flexibility index (Phi) is 6.19. The molecule has 0 aliphatic heterocycles. The normalized spacial score (nSPS) is 11.3. The van der Waals surface area contributed by atoms with Crippen LogP contribution in [0.5, 0.6) is 11.5 Å². The average Bonchev–Trinajstić information content (AvgIpc) is 2.69. The zero-order valence-corrected chi connectivity index (χ0v) is 17.1. The van der Waals surface area contributed by atoms with Crippen LogP contribution in [0.2, 0.25) is 0 Å². The molecule has 0 radical (unpaired) electrons. The highest BCUT2D eigenvalue weighted by Gasteiger charge is 2.19. The lowest BCUT2D eigenvalue weighted by Crippen LogP contribution is -2.13. The standard InChI is InChI=1S/C20H19NO6S2/c1-2-27-13-7-9-14(10-8-13)29(25,26)21-17-11-18(28-12-19(22)23)20(24)16-6-4-3-5-15(16)17/h3-11,21,24H,2,12H2,1H3,(H,22,23). The van der Waals surface area contributed by atoms with Crippen LogP contribution in [-0.4, -0.2) is 37.0 Å². The molecule has 0 atom stereocenters. The Bertz CT molecular complexity index is 1140. The van der Waals surface area contributed by atoms with E-state index in [4.69, 9.17) is 9.84 Å². The first-order chi connectivity index (χ1) is 13.8. The molecule has 0 saturated carbocycles. The van der Waals surface area contributed by atoms with Gasteiger partial charge in [0.2, 0.25) is 0 Å². The number of aromatic hydroxyl groups is 1. The maximum atomic E-state index is 12.9. The van der Waals surface area contributed by atoms with Gasteiger partial charge in [-0.3, -0.25) is 9.52 Å². The van der Waals surface area contributed by atoms with Crippen molar-refractivity contribution in [2.75, 3.05) is 17.1 Å². The molecule has 3 aromatic rings. The Morgan fingerprint density at radius 2 is 1.76 bits per heavy atom. The first-order valence-corrected chi connectivity index (χ1v) is 11.1. The van der Waals surface area contributed by atoms with Crippen molar-refractivity contribution in [2.45, 2.75) is 16.7 Å². The first kappa shape index (κ1) is 20.8. The van der Waals surface area contributed by atoms with Gasteiger partial charge >= 0.3 is 5.97 Å². The Balaban J connectivity index is 2.01. The zero-order chi connectivity index (χ0) is 21.0. The van der Waals surface area contributed by atoms with E-state index in [2.05, 4.69) is 4.72 Å². The molecule has 3 rings (SSSR count). The van der Waals surface area contributed by atoms with Gasteiger partial charge in [0, 0.05) is 10.8 Å². The van der Waals surface area contributed by atoms with Crippen LogP contribution < -0.4 is 9.46 Å².